The molecule has 0 radical (unpaired) electrons. The second-order valence-corrected chi connectivity index (χ2v) is 16.8. The van der Waals surface area contributed by atoms with Crippen LogP contribution in [-0.2, 0) is 9.47 Å². The summed E-state index contributed by atoms with van der Waals surface area (Å²) in [7, 11) is 0. The molecule has 2 aliphatic rings. The van der Waals surface area contributed by atoms with Crippen molar-refractivity contribution in [2.75, 3.05) is 73.0 Å². The topological polar surface area (TPSA) is 126 Å². The number of aryl methyl sites for hydroxylation is 2. The van der Waals surface area contributed by atoms with E-state index in [4.69, 9.17) is 42.6 Å². The molecule has 0 bridgehead atoms. The van der Waals surface area contributed by atoms with Crippen LogP contribution in [0.15, 0.2) is 110 Å². The van der Waals surface area contributed by atoms with Crippen molar-refractivity contribution in [2.24, 2.45) is 0 Å². The Kier molecular flexibility index (Phi) is 12.8. The number of hydrogen-bond acceptors (Lipinski definition) is 12. The third-order valence-electron chi connectivity index (χ3n) is 11.5. The normalized spacial score (nSPS) is 14.0. The highest BCUT2D eigenvalue weighted by Crippen LogP contribution is 2.39. The molecule has 324 valence electrons. The van der Waals surface area contributed by atoms with Crippen LogP contribution in [0.5, 0.6) is 0 Å². The number of para-hydroxylation sites is 2. The summed E-state index contributed by atoms with van der Waals surface area (Å²) in [6.45, 7) is 14.6. The fraction of sp³-hybridized carbons (Fsp3) is 0.240. The van der Waals surface area contributed by atoms with Gasteiger partial charge in [-0.3, -0.25) is 19.9 Å². The first-order valence-corrected chi connectivity index (χ1v) is 22.1. The molecule has 10 rings (SSSR count). The highest BCUT2D eigenvalue weighted by atomic mass is 35.5. The highest BCUT2D eigenvalue weighted by molar-refractivity contribution is 6.36. The molecule has 0 amide bonds. The van der Waals surface area contributed by atoms with Crippen LogP contribution >= 0.6 is 23.2 Å². The molecule has 64 heavy (non-hydrogen) atoms. The van der Waals surface area contributed by atoms with Crippen molar-refractivity contribution in [1.82, 2.24) is 29.9 Å². The van der Waals surface area contributed by atoms with Crippen molar-refractivity contribution in [3.8, 4) is 22.8 Å². The Labute approximate surface area is 382 Å². The van der Waals surface area contributed by atoms with Gasteiger partial charge in [0.05, 0.1) is 129 Å². The predicted octanol–water partition coefficient (Wildman–Crippen LogP) is 11.1. The highest BCUT2D eigenvalue weighted by Gasteiger charge is 2.20. The lowest BCUT2D eigenvalue weighted by Crippen LogP contribution is -2.36. The number of benzene rings is 2. The number of aromatic nitrogens is 6. The van der Waals surface area contributed by atoms with Gasteiger partial charge in [0, 0.05) is 60.5 Å². The Morgan fingerprint density at radius 2 is 0.953 bits per heavy atom. The maximum Gasteiger partial charge on any atom is 0.0944 e. The zero-order chi connectivity index (χ0) is 44.2. The summed E-state index contributed by atoms with van der Waals surface area (Å²) in [5, 5.41) is 10.3. The van der Waals surface area contributed by atoms with Crippen LogP contribution in [0, 0.1) is 27.7 Å². The second-order valence-electron chi connectivity index (χ2n) is 15.9. The van der Waals surface area contributed by atoms with Crippen molar-refractivity contribution < 1.29 is 9.47 Å². The zero-order valence-electron chi connectivity index (χ0n) is 36.2. The molecular formula is C50H48Cl2N10O2. The Morgan fingerprint density at radius 3 is 1.36 bits per heavy atom. The molecule has 0 unspecified atom stereocenters. The standard InChI is InChI=1S/2C25H24ClN5O/c2*1-16-6-7-28-22(12-16)24-17(2)23(20-4-3-5-21(26)25(20)30-24)29-18-13-19(15-27-14-18)31-8-10-32-11-9-31/h2*3-7,12-15H,8-11H2,1-2H3,(H,29,30). The van der Waals surface area contributed by atoms with E-state index in [1.54, 1.807) is 0 Å². The molecule has 2 saturated heterocycles. The Hall–Kier alpha value is -6.44. The molecule has 8 heterocycles. The van der Waals surface area contributed by atoms with Gasteiger partial charge in [-0.05, 0) is 87.4 Å². The van der Waals surface area contributed by atoms with Gasteiger partial charge in [0.2, 0.25) is 0 Å². The van der Waals surface area contributed by atoms with Crippen LogP contribution in [0.2, 0.25) is 10.0 Å². The van der Waals surface area contributed by atoms with Crippen LogP contribution in [0.1, 0.15) is 22.3 Å². The number of rotatable bonds is 8. The van der Waals surface area contributed by atoms with E-state index in [0.29, 0.717) is 10.0 Å². The lowest BCUT2D eigenvalue weighted by Gasteiger charge is -2.28. The summed E-state index contributed by atoms with van der Waals surface area (Å²) >= 11 is 13.1. The maximum atomic E-state index is 6.56. The molecule has 8 aromatic rings. The molecule has 12 nitrogen and oxygen atoms in total. The third kappa shape index (κ3) is 9.27. The lowest BCUT2D eigenvalue weighted by molar-refractivity contribution is 0.122. The SMILES string of the molecule is Cc1ccnc(-c2nc3c(Cl)cccc3c(Nc3cncc(N4CCOCC4)c3)c2C)c1.Cc1ccnc(-c2nc3c(Cl)cccc3c(Nc3cncc(N4CCOCC4)c3)c2C)c1. The average Bonchev–Trinajstić information content (AvgIpc) is 3.32. The minimum Gasteiger partial charge on any atom is -0.378 e. The Morgan fingerprint density at radius 1 is 0.531 bits per heavy atom. The molecular weight excluding hydrogens is 844 g/mol. The van der Waals surface area contributed by atoms with Gasteiger partial charge in [0.25, 0.3) is 0 Å². The number of anilines is 6. The quantitative estimate of drug-likeness (QED) is 0.151. The molecule has 6 aromatic heterocycles. The zero-order valence-corrected chi connectivity index (χ0v) is 37.7. The van der Waals surface area contributed by atoms with Crippen LogP contribution in [-0.4, -0.2) is 82.5 Å². The van der Waals surface area contributed by atoms with E-state index in [9.17, 15) is 0 Å². The van der Waals surface area contributed by atoms with E-state index < -0.39 is 0 Å². The number of ether oxygens (including phenoxy) is 2. The van der Waals surface area contributed by atoms with Gasteiger partial charge in [-0.25, -0.2) is 9.97 Å². The summed E-state index contributed by atoms with van der Waals surface area (Å²) < 4.78 is 11.0. The minimum atomic E-state index is 0.611. The number of hydrogen-bond donors (Lipinski definition) is 2. The van der Waals surface area contributed by atoms with Gasteiger partial charge >= 0.3 is 0 Å². The molecule has 2 aliphatic heterocycles. The van der Waals surface area contributed by atoms with Crippen molar-refractivity contribution in [2.45, 2.75) is 27.7 Å². The average molecular weight is 892 g/mol. The van der Waals surface area contributed by atoms with E-state index in [-0.39, 0.29) is 0 Å². The van der Waals surface area contributed by atoms with E-state index in [1.807, 2.05) is 97.8 Å². The number of nitrogens with zero attached hydrogens (tertiary/aromatic N) is 8. The maximum absolute atomic E-state index is 6.56. The molecule has 0 atom stereocenters. The van der Waals surface area contributed by atoms with E-state index in [0.717, 1.165) is 154 Å². The van der Waals surface area contributed by atoms with Crippen LogP contribution in [0.4, 0.5) is 34.1 Å². The largest absolute Gasteiger partial charge is 0.378 e. The number of pyridine rings is 6. The molecule has 0 aliphatic carbocycles. The Balaban J connectivity index is 0.000000162. The lowest BCUT2D eigenvalue weighted by atomic mass is 10.0. The molecule has 2 fully saturated rings. The van der Waals surface area contributed by atoms with Crippen molar-refractivity contribution in [1.29, 1.82) is 0 Å². The van der Waals surface area contributed by atoms with E-state index in [2.05, 4.69) is 80.2 Å². The number of halogens is 2. The first-order valence-electron chi connectivity index (χ1n) is 21.3. The fourth-order valence-corrected chi connectivity index (χ4v) is 8.55. The van der Waals surface area contributed by atoms with Crippen molar-refractivity contribution in [3.05, 3.63) is 142 Å². The van der Waals surface area contributed by atoms with Crippen LogP contribution in [0.25, 0.3) is 44.6 Å². The number of morpholine rings is 2. The van der Waals surface area contributed by atoms with Gasteiger partial charge in [-0.15, -0.1) is 0 Å². The van der Waals surface area contributed by atoms with Gasteiger partial charge in [0.15, 0.2) is 0 Å². The first kappa shape index (κ1) is 42.8. The van der Waals surface area contributed by atoms with E-state index >= 15 is 0 Å². The van der Waals surface area contributed by atoms with Crippen molar-refractivity contribution >= 4 is 79.1 Å². The molecule has 2 N–H and O–H groups in total. The van der Waals surface area contributed by atoms with E-state index in [1.165, 1.54) is 0 Å². The predicted molar refractivity (Wildman–Crippen MR) is 260 cm³/mol. The molecule has 14 heteroatoms. The first-order chi connectivity index (χ1) is 31.2. The number of nitrogens with one attached hydrogen (secondary N) is 2. The summed E-state index contributed by atoms with van der Waals surface area (Å²) in [4.78, 5) is 32.5. The monoisotopic (exact) mass is 890 g/mol. The van der Waals surface area contributed by atoms with Gasteiger partial charge in [-0.1, -0.05) is 47.5 Å². The smallest absolute Gasteiger partial charge is 0.0944 e. The second kappa shape index (κ2) is 19.1. The summed E-state index contributed by atoms with van der Waals surface area (Å²) in [6, 6.07) is 24.0. The number of fused-ring (bicyclic) bond motifs is 2. The van der Waals surface area contributed by atoms with Crippen LogP contribution < -0.4 is 20.4 Å². The van der Waals surface area contributed by atoms with Gasteiger partial charge in [0.1, 0.15) is 0 Å². The van der Waals surface area contributed by atoms with Gasteiger partial charge < -0.3 is 29.9 Å². The minimum absolute atomic E-state index is 0.611. The molecule has 2 aromatic carbocycles. The van der Waals surface area contributed by atoms with Crippen LogP contribution in [0.3, 0.4) is 0 Å². The molecule has 0 spiro atoms. The third-order valence-corrected chi connectivity index (χ3v) is 12.1. The Bertz CT molecular complexity index is 2770. The fourth-order valence-electron chi connectivity index (χ4n) is 8.12. The summed E-state index contributed by atoms with van der Waals surface area (Å²) in [5.41, 5.74) is 14.9. The molecule has 0 saturated carbocycles. The summed E-state index contributed by atoms with van der Waals surface area (Å²) in [6.07, 6.45) is 11.1. The van der Waals surface area contributed by atoms with Gasteiger partial charge in [-0.2, -0.15) is 0 Å². The van der Waals surface area contributed by atoms with Crippen molar-refractivity contribution in [3.63, 3.8) is 0 Å². The summed E-state index contributed by atoms with van der Waals surface area (Å²) in [5.74, 6) is 0.